The summed E-state index contributed by atoms with van der Waals surface area (Å²) in [7, 11) is 1.57. The van der Waals surface area contributed by atoms with Crippen molar-refractivity contribution in [3.63, 3.8) is 0 Å². The van der Waals surface area contributed by atoms with Crippen LogP contribution in [0.3, 0.4) is 0 Å². The van der Waals surface area contributed by atoms with Gasteiger partial charge in [0.1, 0.15) is 12.4 Å². The number of amides is 2. The minimum atomic E-state index is -0.184. The first-order valence-electron chi connectivity index (χ1n) is 9.00. The topological polar surface area (TPSA) is 63.9 Å². The normalized spacial score (nSPS) is 10.2. The van der Waals surface area contributed by atoms with Crippen molar-refractivity contribution in [2.75, 3.05) is 13.7 Å². The lowest BCUT2D eigenvalue weighted by Crippen LogP contribution is -2.38. The molecule has 29 heavy (non-hydrogen) atoms. The number of carbonyl (C=O) groups is 1. The quantitative estimate of drug-likeness (QED) is 0.535. The number of benzene rings is 1. The van der Waals surface area contributed by atoms with Gasteiger partial charge in [0, 0.05) is 11.4 Å². The van der Waals surface area contributed by atoms with Crippen molar-refractivity contribution < 1.29 is 18.7 Å². The molecular formula is C22H22N2O4S. The fourth-order valence-electron chi connectivity index (χ4n) is 2.73. The smallest absolute Gasteiger partial charge is 0.318 e. The fraction of sp³-hybridized carbons (Fsp3) is 0.227. The van der Waals surface area contributed by atoms with Crippen LogP contribution in [0.15, 0.2) is 58.5 Å². The van der Waals surface area contributed by atoms with Crippen molar-refractivity contribution in [2.24, 2.45) is 0 Å². The van der Waals surface area contributed by atoms with E-state index >= 15 is 0 Å². The number of hydrogen-bond donors (Lipinski definition) is 1. The number of rotatable bonds is 9. The Morgan fingerprint density at radius 2 is 2.14 bits per heavy atom. The summed E-state index contributed by atoms with van der Waals surface area (Å²) < 4.78 is 16.2. The average molecular weight is 410 g/mol. The Morgan fingerprint density at radius 3 is 2.83 bits per heavy atom. The molecule has 2 aromatic heterocycles. The predicted octanol–water partition coefficient (Wildman–Crippen LogP) is 4.27. The molecule has 0 aliphatic heterocycles. The highest BCUT2D eigenvalue weighted by atomic mass is 32.1. The first kappa shape index (κ1) is 20.4. The van der Waals surface area contributed by atoms with Crippen molar-refractivity contribution in [3.8, 4) is 23.8 Å². The Bertz CT molecular complexity index is 910. The Labute approximate surface area is 174 Å². The number of furan rings is 1. The van der Waals surface area contributed by atoms with Crippen LogP contribution in [0.5, 0.6) is 11.5 Å². The zero-order chi connectivity index (χ0) is 20.5. The highest BCUT2D eigenvalue weighted by Crippen LogP contribution is 2.28. The van der Waals surface area contributed by atoms with Gasteiger partial charge in [-0.3, -0.25) is 0 Å². The van der Waals surface area contributed by atoms with E-state index in [0.29, 0.717) is 31.1 Å². The largest absolute Gasteiger partial charge is 0.493 e. The summed E-state index contributed by atoms with van der Waals surface area (Å²) in [5.74, 6) is 4.29. The number of nitrogens with zero attached hydrogens (tertiary/aromatic N) is 1. The van der Waals surface area contributed by atoms with Crippen LogP contribution in [0.4, 0.5) is 4.79 Å². The van der Waals surface area contributed by atoms with Crippen molar-refractivity contribution in [2.45, 2.75) is 19.6 Å². The summed E-state index contributed by atoms with van der Waals surface area (Å²) in [6.45, 7) is 1.37. The molecule has 0 saturated heterocycles. The summed E-state index contributed by atoms with van der Waals surface area (Å²) in [4.78, 5) is 15.7. The van der Waals surface area contributed by atoms with E-state index < -0.39 is 0 Å². The van der Waals surface area contributed by atoms with Gasteiger partial charge < -0.3 is 24.1 Å². The van der Waals surface area contributed by atoms with Gasteiger partial charge in [0.15, 0.2) is 11.5 Å². The molecule has 0 bridgehead atoms. The van der Waals surface area contributed by atoms with Crippen molar-refractivity contribution >= 4 is 17.4 Å². The van der Waals surface area contributed by atoms with Crippen LogP contribution in [0.2, 0.25) is 0 Å². The summed E-state index contributed by atoms with van der Waals surface area (Å²) in [6.07, 6.45) is 6.87. The van der Waals surface area contributed by atoms with Crippen LogP contribution in [0.1, 0.15) is 16.2 Å². The number of ether oxygens (including phenoxy) is 2. The molecule has 0 saturated carbocycles. The molecule has 0 atom stereocenters. The van der Waals surface area contributed by atoms with E-state index in [2.05, 4.69) is 11.2 Å². The second kappa shape index (κ2) is 10.2. The van der Waals surface area contributed by atoms with Gasteiger partial charge in [-0.1, -0.05) is 18.1 Å². The third kappa shape index (κ3) is 5.80. The first-order chi connectivity index (χ1) is 14.2. The van der Waals surface area contributed by atoms with Crippen LogP contribution in [0, 0.1) is 12.3 Å². The van der Waals surface area contributed by atoms with Gasteiger partial charge in [0.25, 0.3) is 0 Å². The van der Waals surface area contributed by atoms with Gasteiger partial charge >= 0.3 is 6.03 Å². The monoisotopic (exact) mass is 410 g/mol. The first-order valence-corrected chi connectivity index (χ1v) is 9.88. The molecule has 1 aromatic carbocycles. The summed E-state index contributed by atoms with van der Waals surface area (Å²) in [5, 5.41) is 4.95. The number of terminal acetylenes is 1. The van der Waals surface area contributed by atoms with Crippen molar-refractivity contribution in [1.82, 2.24) is 10.2 Å². The number of carbonyl (C=O) groups excluding carboxylic acids is 1. The second-order valence-electron chi connectivity index (χ2n) is 6.15. The van der Waals surface area contributed by atoms with Crippen molar-refractivity contribution in [3.05, 3.63) is 70.3 Å². The predicted molar refractivity (Wildman–Crippen MR) is 112 cm³/mol. The third-order valence-corrected chi connectivity index (χ3v) is 4.98. The molecule has 0 aliphatic carbocycles. The lowest BCUT2D eigenvalue weighted by molar-refractivity contribution is 0.187. The SMILES string of the molecule is C#CCOc1cc(CNC(=O)N(Cc2ccco2)Cc2cccs2)ccc1OC. The van der Waals surface area contributed by atoms with Crippen LogP contribution in [-0.4, -0.2) is 24.6 Å². The van der Waals surface area contributed by atoms with Gasteiger partial charge in [-0.05, 0) is 41.3 Å². The molecule has 150 valence electrons. The standard InChI is InChI=1S/C22H22N2O4S/c1-3-10-28-21-13-17(8-9-20(21)26-2)14-23-22(25)24(15-18-6-4-11-27-18)16-19-7-5-12-29-19/h1,4-9,11-13H,10,14-16H2,2H3,(H,23,25). The highest BCUT2D eigenvalue weighted by molar-refractivity contribution is 7.09. The van der Waals surface area contributed by atoms with Gasteiger partial charge in [-0.2, -0.15) is 0 Å². The minimum absolute atomic E-state index is 0.143. The molecule has 3 aromatic rings. The van der Waals surface area contributed by atoms with E-state index in [0.717, 1.165) is 16.2 Å². The molecule has 2 heterocycles. The maximum atomic E-state index is 12.8. The Hall–Kier alpha value is -3.37. The maximum absolute atomic E-state index is 12.8. The van der Waals surface area contributed by atoms with E-state index in [9.17, 15) is 4.79 Å². The van der Waals surface area contributed by atoms with Crippen LogP contribution < -0.4 is 14.8 Å². The van der Waals surface area contributed by atoms with E-state index in [1.54, 1.807) is 35.7 Å². The Balaban J connectivity index is 1.66. The van der Waals surface area contributed by atoms with Crippen LogP contribution >= 0.6 is 11.3 Å². The van der Waals surface area contributed by atoms with Gasteiger partial charge in [0.2, 0.25) is 0 Å². The Kier molecular flexibility index (Phi) is 7.20. The molecule has 3 rings (SSSR count). The number of methoxy groups -OCH3 is 1. The number of hydrogen-bond acceptors (Lipinski definition) is 5. The zero-order valence-corrected chi connectivity index (χ0v) is 16.9. The molecule has 0 fully saturated rings. The average Bonchev–Trinajstić information content (AvgIpc) is 3.44. The maximum Gasteiger partial charge on any atom is 0.318 e. The van der Waals surface area contributed by atoms with Crippen LogP contribution in [-0.2, 0) is 19.6 Å². The fourth-order valence-corrected chi connectivity index (χ4v) is 3.45. The third-order valence-electron chi connectivity index (χ3n) is 4.12. The summed E-state index contributed by atoms with van der Waals surface area (Å²) in [6, 6.07) is 12.9. The molecule has 1 N–H and O–H groups in total. The zero-order valence-electron chi connectivity index (χ0n) is 16.1. The van der Waals surface area contributed by atoms with Gasteiger partial charge in [-0.25, -0.2) is 4.79 Å². The van der Waals surface area contributed by atoms with E-state index in [1.165, 1.54) is 0 Å². The summed E-state index contributed by atoms with van der Waals surface area (Å²) in [5.41, 5.74) is 0.875. The molecular weight excluding hydrogens is 388 g/mol. The molecule has 0 spiro atoms. The van der Waals surface area contributed by atoms with Crippen molar-refractivity contribution in [1.29, 1.82) is 0 Å². The molecule has 0 aliphatic rings. The van der Waals surface area contributed by atoms with E-state index in [-0.39, 0.29) is 12.6 Å². The second-order valence-corrected chi connectivity index (χ2v) is 7.18. The number of nitrogens with one attached hydrogen (secondary N) is 1. The number of thiophene rings is 1. The van der Waals surface area contributed by atoms with Gasteiger partial charge in [0.05, 0.1) is 26.5 Å². The summed E-state index contributed by atoms with van der Waals surface area (Å²) >= 11 is 1.61. The lowest BCUT2D eigenvalue weighted by atomic mass is 10.2. The molecule has 0 radical (unpaired) electrons. The molecule has 0 unspecified atom stereocenters. The molecule has 7 heteroatoms. The highest BCUT2D eigenvalue weighted by Gasteiger charge is 2.16. The Morgan fingerprint density at radius 1 is 1.24 bits per heavy atom. The van der Waals surface area contributed by atoms with Gasteiger partial charge in [-0.15, -0.1) is 17.8 Å². The minimum Gasteiger partial charge on any atom is -0.493 e. The van der Waals surface area contributed by atoms with Crippen LogP contribution in [0.25, 0.3) is 0 Å². The molecule has 2 amide bonds. The number of urea groups is 1. The lowest BCUT2D eigenvalue weighted by Gasteiger charge is -2.22. The van der Waals surface area contributed by atoms with E-state index in [4.69, 9.17) is 20.3 Å². The molecule has 6 nitrogen and oxygen atoms in total. The van der Waals surface area contributed by atoms with E-state index in [1.807, 2.05) is 41.8 Å².